The number of nitrogens with one attached hydrogen (secondary N) is 1. The minimum Gasteiger partial charge on any atom is -0.374 e. The first kappa shape index (κ1) is 16.2. The molecule has 0 aromatic heterocycles. The van der Waals surface area contributed by atoms with Gasteiger partial charge in [0, 0.05) is 0 Å². The van der Waals surface area contributed by atoms with Gasteiger partial charge in [0.1, 0.15) is 0 Å². The molecule has 0 bridgehead atoms. The maximum absolute atomic E-state index is 5.69. The third-order valence-electron chi connectivity index (χ3n) is 2.78. The summed E-state index contributed by atoms with van der Waals surface area (Å²) in [6, 6.07) is 8.45. The van der Waals surface area contributed by atoms with E-state index in [0.717, 1.165) is 13.0 Å². The zero-order valence-electron chi connectivity index (χ0n) is 12.7. The largest absolute Gasteiger partial charge is 0.374 e. The summed E-state index contributed by atoms with van der Waals surface area (Å²) in [6.45, 7) is 9.09. The standard InChI is InChI=1S/C16H27NO2/c1-16(2,3)19-12-11-18-13-15-8-6-5-7-14(15)9-10-17-4/h5-8,17H,9-13H2,1-4H3. The lowest BCUT2D eigenvalue weighted by Gasteiger charge is -2.19. The van der Waals surface area contributed by atoms with Crippen LogP contribution in [0.25, 0.3) is 0 Å². The van der Waals surface area contributed by atoms with Gasteiger partial charge in [0.25, 0.3) is 0 Å². The molecule has 0 heterocycles. The molecule has 19 heavy (non-hydrogen) atoms. The maximum atomic E-state index is 5.69. The van der Waals surface area contributed by atoms with Crippen LogP contribution >= 0.6 is 0 Å². The highest BCUT2D eigenvalue weighted by Crippen LogP contribution is 2.11. The molecule has 108 valence electrons. The Morgan fingerprint density at radius 3 is 2.37 bits per heavy atom. The van der Waals surface area contributed by atoms with E-state index in [1.54, 1.807) is 0 Å². The molecule has 3 heteroatoms. The Balaban J connectivity index is 2.32. The highest BCUT2D eigenvalue weighted by Gasteiger charge is 2.09. The molecule has 0 radical (unpaired) electrons. The Hall–Kier alpha value is -0.900. The molecule has 0 saturated carbocycles. The van der Waals surface area contributed by atoms with Crippen LogP contribution in [0, 0.1) is 0 Å². The van der Waals surface area contributed by atoms with Gasteiger partial charge in [-0.3, -0.25) is 0 Å². The van der Waals surface area contributed by atoms with E-state index in [2.05, 4.69) is 50.4 Å². The van der Waals surface area contributed by atoms with Gasteiger partial charge in [-0.25, -0.2) is 0 Å². The van der Waals surface area contributed by atoms with Crippen LogP contribution in [0.3, 0.4) is 0 Å². The number of hydrogen-bond donors (Lipinski definition) is 1. The molecular formula is C16H27NO2. The maximum Gasteiger partial charge on any atom is 0.0720 e. The van der Waals surface area contributed by atoms with Gasteiger partial charge in [-0.15, -0.1) is 0 Å². The Morgan fingerprint density at radius 2 is 1.74 bits per heavy atom. The molecule has 0 amide bonds. The van der Waals surface area contributed by atoms with Crippen LogP contribution < -0.4 is 5.32 Å². The van der Waals surface area contributed by atoms with E-state index in [-0.39, 0.29) is 5.60 Å². The van der Waals surface area contributed by atoms with Crippen molar-refractivity contribution in [3.63, 3.8) is 0 Å². The lowest BCUT2D eigenvalue weighted by atomic mass is 10.1. The molecule has 0 saturated heterocycles. The number of ether oxygens (including phenoxy) is 2. The second-order valence-corrected chi connectivity index (χ2v) is 5.64. The highest BCUT2D eigenvalue weighted by atomic mass is 16.5. The third kappa shape index (κ3) is 7.31. The minimum atomic E-state index is -0.0892. The van der Waals surface area contributed by atoms with Crippen LogP contribution in [0.4, 0.5) is 0 Å². The van der Waals surface area contributed by atoms with Crippen molar-refractivity contribution in [3.05, 3.63) is 35.4 Å². The molecule has 1 rings (SSSR count). The van der Waals surface area contributed by atoms with E-state index in [0.29, 0.717) is 19.8 Å². The molecule has 1 N–H and O–H groups in total. The fourth-order valence-corrected chi connectivity index (χ4v) is 1.79. The number of likely N-dealkylation sites (N-methyl/N-ethyl adjacent to an activating group) is 1. The summed E-state index contributed by atoms with van der Waals surface area (Å²) in [5, 5.41) is 3.18. The Bertz CT molecular complexity index is 358. The zero-order valence-corrected chi connectivity index (χ0v) is 12.7. The fraction of sp³-hybridized carbons (Fsp3) is 0.625. The molecule has 1 aromatic carbocycles. The molecule has 1 aromatic rings. The van der Waals surface area contributed by atoms with Gasteiger partial charge in [0.15, 0.2) is 0 Å². The quantitative estimate of drug-likeness (QED) is 0.733. The summed E-state index contributed by atoms with van der Waals surface area (Å²) in [5.41, 5.74) is 2.54. The Labute approximate surface area is 117 Å². The van der Waals surface area contributed by atoms with Gasteiger partial charge in [-0.1, -0.05) is 24.3 Å². The lowest BCUT2D eigenvalue weighted by molar-refractivity contribution is -0.0377. The summed E-state index contributed by atoms with van der Waals surface area (Å²) in [7, 11) is 1.98. The van der Waals surface area contributed by atoms with Crippen molar-refractivity contribution in [3.8, 4) is 0 Å². The normalized spacial score (nSPS) is 11.8. The van der Waals surface area contributed by atoms with Gasteiger partial charge < -0.3 is 14.8 Å². The van der Waals surface area contributed by atoms with Crippen molar-refractivity contribution < 1.29 is 9.47 Å². The van der Waals surface area contributed by atoms with Crippen molar-refractivity contribution in [2.45, 2.75) is 39.4 Å². The van der Waals surface area contributed by atoms with Crippen LogP contribution in [-0.2, 0) is 22.5 Å². The molecule has 0 aliphatic rings. The van der Waals surface area contributed by atoms with Gasteiger partial charge >= 0.3 is 0 Å². The molecule has 0 unspecified atom stereocenters. The van der Waals surface area contributed by atoms with Crippen molar-refractivity contribution in [2.75, 3.05) is 26.8 Å². The number of hydrogen-bond acceptors (Lipinski definition) is 3. The molecule has 0 aliphatic carbocycles. The molecule has 0 spiro atoms. The summed E-state index contributed by atoms with van der Waals surface area (Å²) >= 11 is 0. The SMILES string of the molecule is CNCCc1ccccc1COCCOC(C)(C)C. The third-order valence-corrected chi connectivity index (χ3v) is 2.78. The summed E-state index contributed by atoms with van der Waals surface area (Å²) < 4.78 is 11.3. The van der Waals surface area contributed by atoms with E-state index < -0.39 is 0 Å². The molecule has 0 aliphatic heterocycles. The van der Waals surface area contributed by atoms with Crippen molar-refractivity contribution in [2.24, 2.45) is 0 Å². The molecule has 0 atom stereocenters. The van der Waals surface area contributed by atoms with Crippen molar-refractivity contribution >= 4 is 0 Å². The first-order valence-corrected chi connectivity index (χ1v) is 6.96. The van der Waals surface area contributed by atoms with Crippen molar-refractivity contribution in [1.82, 2.24) is 5.32 Å². The lowest BCUT2D eigenvalue weighted by Crippen LogP contribution is -2.21. The van der Waals surface area contributed by atoms with Gasteiger partial charge in [-0.2, -0.15) is 0 Å². The molecule has 3 nitrogen and oxygen atoms in total. The van der Waals surface area contributed by atoms with Crippen LogP contribution in [0.1, 0.15) is 31.9 Å². The van der Waals surface area contributed by atoms with Crippen LogP contribution in [-0.4, -0.2) is 32.4 Å². The van der Waals surface area contributed by atoms with E-state index in [4.69, 9.17) is 9.47 Å². The van der Waals surface area contributed by atoms with E-state index in [1.807, 2.05) is 7.05 Å². The van der Waals surface area contributed by atoms with E-state index in [9.17, 15) is 0 Å². The molecule has 0 fully saturated rings. The predicted molar refractivity (Wildman–Crippen MR) is 79.4 cm³/mol. The smallest absolute Gasteiger partial charge is 0.0720 e. The summed E-state index contributed by atoms with van der Waals surface area (Å²) in [5.74, 6) is 0. The van der Waals surface area contributed by atoms with Gasteiger partial charge in [-0.05, 0) is 51.9 Å². The van der Waals surface area contributed by atoms with Crippen molar-refractivity contribution in [1.29, 1.82) is 0 Å². The van der Waals surface area contributed by atoms with Crippen LogP contribution in [0.5, 0.6) is 0 Å². The Morgan fingerprint density at radius 1 is 1.05 bits per heavy atom. The van der Waals surface area contributed by atoms with E-state index >= 15 is 0 Å². The van der Waals surface area contributed by atoms with Gasteiger partial charge in [0.05, 0.1) is 25.4 Å². The zero-order chi connectivity index (χ0) is 14.1. The number of benzene rings is 1. The average molecular weight is 265 g/mol. The van der Waals surface area contributed by atoms with Crippen LogP contribution in [0.2, 0.25) is 0 Å². The van der Waals surface area contributed by atoms with Gasteiger partial charge in [0.2, 0.25) is 0 Å². The van der Waals surface area contributed by atoms with Crippen LogP contribution in [0.15, 0.2) is 24.3 Å². The summed E-state index contributed by atoms with van der Waals surface area (Å²) in [6.07, 6.45) is 1.04. The number of rotatable bonds is 8. The first-order valence-electron chi connectivity index (χ1n) is 6.96. The average Bonchev–Trinajstić information content (AvgIpc) is 2.36. The van der Waals surface area contributed by atoms with E-state index in [1.165, 1.54) is 11.1 Å². The minimum absolute atomic E-state index is 0.0892. The summed E-state index contributed by atoms with van der Waals surface area (Å²) in [4.78, 5) is 0. The second kappa shape index (κ2) is 8.31. The second-order valence-electron chi connectivity index (χ2n) is 5.64. The fourth-order valence-electron chi connectivity index (χ4n) is 1.79. The Kier molecular flexibility index (Phi) is 7.06. The molecular weight excluding hydrogens is 238 g/mol. The predicted octanol–water partition coefficient (Wildman–Crippen LogP) is 2.78. The highest BCUT2D eigenvalue weighted by molar-refractivity contribution is 5.26. The topological polar surface area (TPSA) is 30.5 Å². The monoisotopic (exact) mass is 265 g/mol. The first-order chi connectivity index (χ1) is 9.03.